The van der Waals surface area contributed by atoms with Crippen LogP contribution in [0.15, 0.2) is 0 Å². The average Bonchev–Trinajstić information content (AvgIpc) is 3.11. The van der Waals surface area contributed by atoms with Gasteiger partial charge in [0.15, 0.2) is 0 Å². The van der Waals surface area contributed by atoms with Crippen molar-refractivity contribution >= 4 is 6.09 Å². The van der Waals surface area contributed by atoms with Gasteiger partial charge in [0, 0.05) is 19.1 Å². The van der Waals surface area contributed by atoms with Crippen LogP contribution in [0.25, 0.3) is 0 Å². The number of nitrogens with zero attached hydrogens (tertiary/aromatic N) is 1. The summed E-state index contributed by atoms with van der Waals surface area (Å²) in [5.74, 6) is 0.921. The molecule has 0 spiro atoms. The fraction of sp³-hybridized carbons (Fsp3) is 0.933. The van der Waals surface area contributed by atoms with Crippen LogP contribution in [0.3, 0.4) is 0 Å². The minimum Gasteiger partial charge on any atom is -0.444 e. The van der Waals surface area contributed by atoms with E-state index in [1.165, 1.54) is 19.3 Å². The standard InChI is InChI=1S/C15H28N2O2/c1-15(2,3)19-14(18)17-9-4-5-13(8-10-17)16-11-12-6-7-12/h12-13,16H,4-11H2,1-3H3. The molecule has 1 aliphatic heterocycles. The quantitative estimate of drug-likeness (QED) is 0.855. The van der Waals surface area contributed by atoms with Crippen molar-refractivity contribution in [2.24, 2.45) is 5.92 Å². The van der Waals surface area contributed by atoms with E-state index in [0.717, 1.165) is 38.4 Å². The van der Waals surface area contributed by atoms with Crippen molar-refractivity contribution in [2.75, 3.05) is 19.6 Å². The van der Waals surface area contributed by atoms with E-state index in [0.29, 0.717) is 6.04 Å². The summed E-state index contributed by atoms with van der Waals surface area (Å²) in [7, 11) is 0. The molecule has 0 radical (unpaired) electrons. The average molecular weight is 268 g/mol. The van der Waals surface area contributed by atoms with Crippen LogP contribution >= 0.6 is 0 Å². The summed E-state index contributed by atoms with van der Waals surface area (Å²) >= 11 is 0. The topological polar surface area (TPSA) is 41.6 Å². The first-order valence-corrected chi connectivity index (χ1v) is 7.65. The number of likely N-dealkylation sites (tertiary alicyclic amines) is 1. The van der Waals surface area contributed by atoms with Crippen LogP contribution in [0.4, 0.5) is 4.79 Å². The Morgan fingerprint density at radius 3 is 2.58 bits per heavy atom. The summed E-state index contributed by atoms with van der Waals surface area (Å²) in [5, 5.41) is 3.65. The number of amides is 1. The predicted molar refractivity (Wildman–Crippen MR) is 76.2 cm³/mol. The third kappa shape index (κ3) is 5.39. The van der Waals surface area contributed by atoms with Crippen LogP contribution in [-0.2, 0) is 4.74 Å². The van der Waals surface area contributed by atoms with Gasteiger partial charge in [-0.1, -0.05) is 0 Å². The molecule has 1 aliphatic carbocycles. The molecule has 0 bridgehead atoms. The van der Waals surface area contributed by atoms with Gasteiger partial charge < -0.3 is 15.0 Å². The monoisotopic (exact) mass is 268 g/mol. The van der Waals surface area contributed by atoms with Crippen molar-refractivity contribution in [3.05, 3.63) is 0 Å². The Balaban J connectivity index is 1.73. The molecule has 1 saturated carbocycles. The number of carbonyl (C=O) groups excluding carboxylic acids is 1. The van der Waals surface area contributed by atoms with Crippen molar-refractivity contribution in [3.8, 4) is 0 Å². The molecule has 1 heterocycles. The van der Waals surface area contributed by atoms with E-state index in [1.54, 1.807) is 0 Å². The van der Waals surface area contributed by atoms with Gasteiger partial charge in [-0.05, 0) is 65.3 Å². The Bertz CT molecular complexity index is 308. The molecule has 2 aliphatic rings. The SMILES string of the molecule is CC(C)(C)OC(=O)N1CCCC(NCC2CC2)CC1. The molecule has 1 saturated heterocycles. The van der Waals surface area contributed by atoms with E-state index in [2.05, 4.69) is 5.32 Å². The predicted octanol–water partition coefficient (Wildman–Crippen LogP) is 2.78. The number of hydrogen-bond acceptors (Lipinski definition) is 3. The molecule has 1 atom stereocenters. The first kappa shape index (κ1) is 14.6. The van der Waals surface area contributed by atoms with Crippen molar-refractivity contribution < 1.29 is 9.53 Å². The summed E-state index contributed by atoms with van der Waals surface area (Å²) in [6, 6.07) is 0.577. The van der Waals surface area contributed by atoms with Crippen molar-refractivity contribution in [3.63, 3.8) is 0 Å². The number of carbonyl (C=O) groups is 1. The van der Waals surface area contributed by atoms with Crippen LogP contribution in [0.5, 0.6) is 0 Å². The molecule has 0 aromatic carbocycles. The molecule has 1 amide bonds. The highest BCUT2D eigenvalue weighted by molar-refractivity contribution is 5.68. The number of ether oxygens (including phenoxy) is 1. The maximum Gasteiger partial charge on any atom is 0.410 e. The zero-order chi connectivity index (χ0) is 13.9. The summed E-state index contributed by atoms with van der Waals surface area (Å²) in [6.07, 6.45) is 5.92. The van der Waals surface area contributed by atoms with E-state index >= 15 is 0 Å². The third-order valence-corrected chi connectivity index (χ3v) is 3.77. The Morgan fingerprint density at radius 1 is 1.21 bits per heavy atom. The molecule has 1 unspecified atom stereocenters. The Labute approximate surface area is 116 Å². The molecule has 1 N–H and O–H groups in total. The van der Waals surface area contributed by atoms with Crippen LogP contribution in [0, 0.1) is 5.92 Å². The van der Waals surface area contributed by atoms with Gasteiger partial charge in [0.2, 0.25) is 0 Å². The largest absolute Gasteiger partial charge is 0.444 e. The number of hydrogen-bond donors (Lipinski definition) is 1. The smallest absolute Gasteiger partial charge is 0.410 e. The lowest BCUT2D eigenvalue weighted by Gasteiger charge is -2.26. The number of rotatable bonds is 3. The van der Waals surface area contributed by atoms with Crippen molar-refractivity contribution in [2.45, 2.75) is 64.5 Å². The second-order valence-electron chi connectivity index (χ2n) is 6.95. The lowest BCUT2D eigenvalue weighted by molar-refractivity contribution is 0.0256. The molecule has 4 nitrogen and oxygen atoms in total. The fourth-order valence-electron chi connectivity index (χ4n) is 2.46. The Kier molecular flexibility index (Phi) is 4.71. The summed E-state index contributed by atoms with van der Waals surface area (Å²) in [4.78, 5) is 13.9. The Morgan fingerprint density at radius 2 is 1.95 bits per heavy atom. The molecule has 4 heteroatoms. The maximum atomic E-state index is 12.0. The summed E-state index contributed by atoms with van der Waals surface area (Å²) in [6.45, 7) is 8.57. The van der Waals surface area contributed by atoms with E-state index in [4.69, 9.17) is 4.74 Å². The normalized spacial score (nSPS) is 25.0. The lowest BCUT2D eigenvalue weighted by atomic mass is 10.1. The maximum absolute atomic E-state index is 12.0. The van der Waals surface area contributed by atoms with E-state index in [9.17, 15) is 4.79 Å². The molecule has 110 valence electrons. The first-order chi connectivity index (χ1) is 8.94. The third-order valence-electron chi connectivity index (χ3n) is 3.77. The van der Waals surface area contributed by atoms with Gasteiger partial charge in [0.1, 0.15) is 5.60 Å². The molecule has 19 heavy (non-hydrogen) atoms. The van der Waals surface area contributed by atoms with Gasteiger partial charge in [-0.3, -0.25) is 0 Å². The summed E-state index contributed by atoms with van der Waals surface area (Å²) in [5.41, 5.74) is -0.396. The minimum atomic E-state index is -0.396. The highest BCUT2D eigenvalue weighted by atomic mass is 16.6. The highest BCUT2D eigenvalue weighted by Gasteiger charge is 2.26. The van der Waals surface area contributed by atoms with Crippen LogP contribution < -0.4 is 5.32 Å². The zero-order valence-corrected chi connectivity index (χ0v) is 12.6. The highest BCUT2D eigenvalue weighted by Crippen LogP contribution is 2.28. The summed E-state index contributed by atoms with van der Waals surface area (Å²) < 4.78 is 5.44. The van der Waals surface area contributed by atoms with Gasteiger partial charge >= 0.3 is 6.09 Å². The molecule has 2 rings (SSSR count). The Hall–Kier alpha value is -0.770. The van der Waals surface area contributed by atoms with E-state index in [-0.39, 0.29) is 6.09 Å². The fourth-order valence-corrected chi connectivity index (χ4v) is 2.46. The number of nitrogens with one attached hydrogen (secondary N) is 1. The van der Waals surface area contributed by atoms with Gasteiger partial charge in [-0.15, -0.1) is 0 Å². The van der Waals surface area contributed by atoms with Gasteiger partial charge in [-0.25, -0.2) is 4.79 Å². The van der Waals surface area contributed by atoms with Crippen LogP contribution in [0.2, 0.25) is 0 Å². The van der Waals surface area contributed by atoms with E-state index in [1.807, 2.05) is 25.7 Å². The molecular weight excluding hydrogens is 240 g/mol. The second kappa shape index (κ2) is 6.12. The molecule has 0 aromatic heterocycles. The first-order valence-electron chi connectivity index (χ1n) is 7.65. The van der Waals surface area contributed by atoms with Crippen molar-refractivity contribution in [1.29, 1.82) is 0 Å². The van der Waals surface area contributed by atoms with Gasteiger partial charge in [0.05, 0.1) is 0 Å². The van der Waals surface area contributed by atoms with E-state index < -0.39 is 5.60 Å². The van der Waals surface area contributed by atoms with Crippen LogP contribution in [-0.4, -0.2) is 42.3 Å². The lowest BCUT2D eigenvalue weighted by Crippen LogP contribution is -2.38. The zero-order valence-electron chi connectivity index (χ0n) is 12.6. The van der Waals surface area contributed by atoms with Gasteiger partial charge in [0.25, 0.3) is 0 Å². The van der Waals surface area contributed by atoms with Crippen molar-refractivity contribution in [1.82, 2.24) is 10.2 Å². The molecule has 2 fully saturated rings. The minimum absolute atomic E-state index is 0.157. The molecule has 0 aromatic rings. The molecular formula is C15H28N2O2. The van der Waals surface area contributed by atoms with Gasteiger partial charge in [-0.2, -0.15) is 0 Å². The second-order valence-corrected chi connectivity index (χ2v) is 6.95. The van der Waals surface area contributed by atoms with Crippen LogP contribution in [0.1, 0.15) is 52.9 Å².